The van der Waals surface area contributed by atoms with E-state index in [0.717, 1.165) is 5.56 Å². The van der Waals surface area contributed by atoms with Gasteiger partial charge in [-0.05, 0) is 30.7 Å². The molecular formula is C16H17N3O4. The van der Waals surface area contributed by atoms with Crippen molar-refractivity contribution in [2.45, 2.75) is 6.92 Å². The molecule has 0 radical (unpaired) electrons. The van der Waals surface area contributed by atoms with Crippen molar-refractivity contribution in [1.82, 2.24) is 10.6 Å². The first-order valence-electron chi connectivity index (χ1n) is 6.93. The topological polar surface area (TPSA) is 108 Å². The van der Waals surface area contributed by atoms with Gasteiger partial charge in [0.15, 0.2) is 6.61 Å². The minimum atomic E-state index is -0.678. The quantitative estimate of drug-likeness (QED) is 0.558. The number of likely N-dealkylation sites (N-methyl/N-ethyl adjacent to an activating group) is 1. The third kappa shape index (κ3) is 7.43. The van der Waals surface area contributed by atoms with E-state index < -0.39 is 18.5 Å². The first-order chi connectivity index (χ1) is 11.0. The van der Waals surface area contributed by atoms with Crippen molar-refractivity contribution < 1.29 is 19.1 Å². The minimum Gasteiger partial charge on any atom is -0.452 e. The summed E-state index contributed by atoms with van der Waals surface area (Å²) < 4.78 is 4.74. The van der Waals surface area contributed by atoms with Gasteiger partial charge < -0.3 is 15.4 Å². The van der Waals surface area contributed by atoms with Gasteiger partial charge in [-0.1, -0.05) is 12.1 Å². The van der Waals surface area contributed by atoms with E-state index in [0.29, 0.717) is 12.1 Å². The number of amides is 2. The standard InChI is InChI=1S/C16H17N3O4/c1-2-18-14(20)10-19-15(21)11-23-16(22)8-7-12-3-5-13(9-17)6-4-12/h3-8H,2,10-11H2,1H3,(H,18,20)(H,19,21)/b8-7+. The van der Waals surface area contributed by atoms with E-state index in [1.165, 1.54) is 12.2 Å². The molecule has 0 saturated heterocycles. The van der Waals surface area contributed by atoms with Crippen LogP contribution in [0.15, 0.2) is 30.3 Å². The zero-order chi connectivity index (χ0) is 17.1. The molecule has 0 heterocycles. The number of carbonyl (C=O) groups excluding carboxylic acids is 3. The summed E-state index contributed by atoms with van der Waals surface area (Å²) >= 11 is 0. The van der Waals surface area contributed by atoms with Crippen LogP contribution in [0.5, 0.6) is 0 Å². The maximum absolute atomic E-state index is 11.5. The van der Waals surface area contributed by atoms with Crippen molar-refractivity contribution in [3.8, 4) is 6.07 Å². The van der Waals surface area contributed by atoms with E-state index in [1.54, 1.807) is 31.2 Å². The zero-order valence-corrected chi connectivity index (χ0v) is 12.7. The number of nitriles is 1. The number of carbonyl (C=O) groups is 3. The van der Waals surface area contributed by atoms with Crippen molar-refractivity contribution in [3.05, 3.63) is 41.5 Å². The van der Waals surface area contributed by atoms with E-state index in [1.807, 2.05) is 6.07 Å². The van der Waals surface area contributed by atoms with Gasteiger partial charge in [0.1, 0.15) is 0 Å². The van der Waals surface area contributed by atoms with E-state index in [4.69, 9.17) is 10.00 Å². The molecule has 2 N–H and O–H groups in total. The van der Waals surface area contributed by atoms with E-state index in [-0.39, 0.29) is 12.5 Å². The second-order valence-corrected chi connectivity index (χ2v) is 4.41. The molecule has 1 aromatic carbocycles. The zero-order valence-electron chi connectivity index (χ0n) is 12.7. The maximum atomic E-state index is 11.5. The molecule has 0 saturated carbocycles. The Hall–Kier alpha value is -3.14. The number of benzene rings is 1. The highest BCUT2D eigenvalue weighted by atomic mass is 16.5. The van der Waals surface area contributed by atoms with Gasteiger partial charge in [-0.2, -0.15) is 5.26 Å². The normalized spacial score (nSPS) is 9.91. The van der Waals surface area contributed by atoms with Crippen molar-refractivity contribution in [2.75, 3.05) is 19.7 Å². The summed E-state index contributed by atoms with van der Waals surface area (Å²) in [5.74, 6) is -1.55. The Bertz CT molecular complexity index is 630. The summed E-state index contributed by atoms with van der Waals surface area (Å²) in [5.41, 5.74) is 1.25. The van der Waals surface area contributed by atoms with Crippen molar-refractivity contribution in [3.63, 3.8) is 0 Å². The lowest BCUT2D eigenvalue weighted by Crippen LogP contribution is -2.38. The fraction of sp³-hybridized carbons (Fsp3) is 0.250. The van der Waals surface area contributed by atoms with E-state index in [2.05, 4.69) is 10.6 Å². The number of rotatable bonds is 7. The molecule has 2 amide bonds. The lowest BCUT2D eigenvalue weighted by Gasteiger charge is -2.05. The SMILES string of the molecule is CCNC(=O)CNC(=O)COC(=O)/C=C/c1ccc(C#N)cc1. The van der Waals surface area contributed by atoms with Crippen LogP contribution in [0.4, 0.5) is 0 Å². The molecule has 120 valence electrons. The number of hydrogen-bond donors (Lipinski definition) is 2. The molecule has 0 aliphatic carbocycles. The molecule has 0 aliphatic rings. The van der Waals surface area contributed by atoms with Gasteiger partial charge in [0.2, 0.25) is 5.91 Å². The van der Waals surface area contributed by atoms with Gasteiger partial charge in [-0.25, -0.2) is 4.79 Å². The highest BCUT2D eigenvalue weighted by molar-refractivity contribution is 5.90. The minimum absolute atomic E-state index is 0.161. The van der Waals surface area contributed by atoms with Crippen LogP contribution < -0.4 is 10.6 Å². The largest absolute Gasteiger partial charge is 0.452 e. The summed E-state index contributed by atoms with van der Waals surface area (Å²) in [7, 11) is 0. The Morgan fingerprint density at radius 1 is 1.17 bits per heavy atom. The van der Waals surface area contributed by atoms with Gasteiger partial charge in [0.05, 0.1) is 18.2 Å². The second kappa shape index (κ2) is 9.73. The summed E-state index contributed by atoms with van der Waals surface area (Å²) in [6.45, 7) is 1.62. The number of ether oxygens (including phenoxy) is 1. The summed E-state index contributed by atoms with van der Waals surface area (Å²) in [6.07, 6.45) is 2.69. The second-order valence-electron chi connectivity index (χ2n) is 4.41. The molecule has 0 aromatic heterocycles. The van der Waals surface area contributed by atoms with Crippen LogP contribution in [0, 0.1) is 11.3 Å². The molecule has 0 atom stereocenters. The highest BCUT2D eigenvalue weighted by Crippen LogP contribution is 2.05. The van der Waals surface area contributed by atoms with Gasteiger partial charge in [-0.15, -0.1) is 0 Å². The van der Waals surface area contributed by atoms with Crippen LogP contribution in [0.25, 0.3) is 6.08 Å². The lowest BCUT2D eigenvalue weighted by molar-refractivity contribution is -0.143. The fourth-order valence-electron chi connectivity index (χ4n) is 1.51. The molecule has 7 heteroatoms. The van der Waals surface area contributed by atoms with Crippen LogP contribution in [-0.4, -0.2) is 37.5 Å². The predicted molar refractivity (Wildman–Crippen MR) is 82.8 cm³/mol. The number of nitrogens with one attached hydrogen (secondary N) is 2. The van der Waals surface area contributed by atoms with Gasteiger partial charge in [0.25, 0.3) is 5.91 Å². The Morgan fingerprint density at radius 3 is 2.48 bits per heavy atom. The first kappa shape index (κ1) is 17.9. The van der Waals surface area contributed by atoms with Crippen LogP contribution >= 0.6 is 0 Å². The van der Waals surface area contributed by atoms with Crippen molar-refractivity contribution in [2.24, 2.45) is 0 Å². The lowest BCUT2D eigenvalue weighted by atomic mass is 10.1. The summed E-state index contributed by atoms with van der Waals surface area (Å²) in [5, 5.41) is 13.5. The molecular weight excluding hydrogens is 298 g/mol. The Balaban J connectivity index is 2.33. The molecule has 23 heavy (non-hydrogen) atoms. The third-order valence-corrected chi connectivity index (χ3v) is 2.62. The van der Waals surface area contributed by atoms with Crippen molar-refractivity contribution >= 4 is 23.9 Å². The predicted octanol–water partition coefficient (Wildman–Crippen LogP) is 0.367. The highest BCUT2D eigenvalue weighted by Gasteiger charge is 2.06. The Morgan fingerprint density at radius 2 is 1.87 bits per heavy atom. The van der Waals surface area contributed by atoms with Crippen molar-refractivity contribution in [1.29, 1.82) is 5.26 Å². The monoisotopic (exact) mass is 315 g/mol. The van der Waals surface area contributed by atoms with E-state index in [9.17, 15) is 14.4 Å². The van der Waals surface area contributed by atoms with Gasteiger partial charge in [0, 0.05) is 12.6 Å². The molecule has 7 nitrogen and oxygen atoms in total. The molecule has 0 fully saturated rings. The average molecular weight is 315 g/mol. The maximum Gasteiger partial charge on any atom is 0.331 e. The van der Waals surface area contributed by atoms with Crippen LogP contribution in [0.3, 0.4) is 0 Å². The van der Waals surface area contributed by atoms with Crippen LogP contribution in [-0.2, 0) is 19.1 Å². The van der Waals surface area contributed by atoms with Gasteiger partial charge >= 0.3 is 5.97 Å². The van der Waals surface area contributed by atoms with Crippen LogP contribution in [0.2, 0.25) is 0 Å². The Kier molecular flexibility index (Phi) is 7.58. The average Bonchev–Trinajstić information content (AvgIpc) is 2.57. The molecule has 0 bridgehead atoms. The van der Waals surface area contributed by atoms with Gasteiger partial charge in [-0.3, -0.25) is 9.59 Å². The fourth-order valence-corrected chi connectivity index (χ4v) is 1.51. The third-order valence-electron chi connectivity index (χ3n) is 2.62. The van der Waals surface area contributed by atoms with Crippen LogP contribution in [0.1, 0.15) is 18.1 Å². The van der Waals surface area contributed by atoms with E-state index >= 15 is 0 Å². The molecule has 1 aromatic rings. The smallest absolute Gasteiger partial charge is 0.331 e. The first-order valence-corrected chi connectivity index (χ1v) is 6.93. The summed E-state index contributed by atoms with van der Waals surface area (Å²) in [6, 6.07) is 8.60. The molecule has 1 rings (SSSR count). The molecule has 0 spiro atoms. The number of nitrogens with zero attached hydrogens (tertiary/aromatic N) is 1. The summed E-state index contributed by atoms with van der Waals surface area (Å²) in [4.78, 5) is 34.0. The number of hydrogen-bond acceptors (Lipinski definition) is 5. The molecule has 0 aliphatic heterocycles. The molecule has 0 unspecified atom stereocenters. The Labute approximate surface area is 133 Å². The number of esters is 1.